The van der Waals surface area contributed by atoms with Gasteiger partial charge in [-0.05, 0) is 24.3 Å². The van der Waals surface area contributed by atoms with Crippen molar-refractivity contribution in [2.24, 2.45) is 11.8 Å². The smallest absolute Gasteiger partial charge is 0.311 e. The first-order chi connectivity index (χ1) is 8.65. The van der Waals surface area contributed by atoms with Crippen molar-refractivity contribution in [2.45, 2.75) is 6.92 Å². The third-order valence-electron chi connectivity index (χ3n) is 3.87. The molecule has 2 fully saturated rings. The largest absolute Gasteiger partial charge is 0.350 e. The van der Waals surface area contributed by atoms with Gasteiger partial charge in [-0.2, -0.15) is 0 Å². The molecule has 1 N–H and O–H groups in total. The molecule has 0 spiro atoms. The fourth-order valence-electron chi connectivity index (χ4n) is 2.95. The predicted molar refractivity (Wildman–Crippen MR) is 67.7 cm³/mol. The van der Waals surface area contributed by atoms with Crippen LogP contribution in [0, 0.1) is 28.9 Å². The summed E-state index contributed by atoms with van der Waals surface area (Å²) in [5.41, 5.74) is 0.953. The van der Waals surface area contributed by atoms with E-state index >= 15 is 0 Å². The summed E-state index contributed by atoms with van der Waals surface area (Å²) in [7, 11) is 0. The van der Waals surface area contributed by atoms with Crippen LogP contribution in [0.25, 0.3) is 0 Å². The number of nitrogens with zero attached hydrogens (tertiary/aromatic N) is 3. The van der Waals surface area contributed by atoms with Crippen LogP contribution in [0.5, 0.6) is 0 Å². The van der Waals surface area contributed by atoms with Gasteiger partial charge in [0.15, 0.2) is 0 Å². The molecule has 0 unspecified atom stereocenters. The van der Waals surface area contributed by atoms with E-state index in [9.17, 15) is 10.1 Å². The molecule has 6 heteroatoms. The Balaban J connectivity index is 1.90. The Morgan fingerprint density at radius 1 is 1.44 bits per heavy atom. The molecule has 2 atom stereocenters. The Labute approximate surface area is 105 Å². The van der Waals surface area contributed by atoms with Crippen LogP contribution < -0.4 is 10.2 Å². The van der Waals surface area contributed by atoms with Crippen molar-refractivity contribution >= 4 is 11.5 Å². The van der Waals surface area contributed by atoms with Crippen LogP contribution in [0.15, 0.2) is 12.3 Å². The van der Waals surface area contributed by atoms with Crippen molar-refractivity contribution in [2.75, 3.05) is 31.1 Å². The molecule has 2 aliphatic heterocycles. The normalized spacial score (nSPS) is 26.4. The second kappa shape index (κ2) is 4.20. The highest BCUT2D eigenvalue weighted by atomic mass is 16.6. The van der Waals surface area contributed by atoms with E-state index in [1.165, 1.54) is 0 Å². The molecule has 3 rings (SSSR count). The fourth-order valence-corrected chi connectivity index (χ4v) is 2.95. The molecule has 1 aromatic heterocycles. The zero-order valence-electron chi connectivity index (χ0n) is 10.3. The Morgan fingerprint density at radius 2 is 2.11 bits per heavy atom. The maximum atomic E-state index is 11.1. The third-order valence-corrected chi connectivity index (χ3v) is 3.87. The minimum absolute atomic E-state index is 0.128. The Morgan fingerprint density at radius 3 is 2.72 bits per heavy atom. The van der Waals surface area contributed by atoms with Crippen LogP contribution in [0.2, 0.25) is 0 Å². The number of aryl methyl sites for hydroxylation is 1. The molecule has 3 heterocycles. The average molecular weight is 248 g/mol. The van der Waals surface area contributed by atoms with Crippen molar-refractivity contribution < 1.29 is 4.92 Å². The molecule has 0 aromatic carbocycles. The number of aromatic nitrogens is 1. The summed E-state index contributed by atoms with van der Waals surface area (Å²) < 4.78 is 0. The third kappa shape index (κ3) is 1.82. The molecule has 6 nitrogen and oxygen atoms in total. The monoisotopic (exact) mass is 248 g/mol. The molecule has 0 saturated carbocycles. The number of rotatable bonds is 2. The van der Waals surface area contributed by atoms with E-state index in [0.29, 0.717) is 17.7 Å². The molecule has 0 amide bonds. The lowest BCUT2D eigenvalue weighted by atomic mass is 10.0. The number of anilines is 1. The molecular formula is C12H16N4O2. The van der Waals surface area contributed by atoms with Gasteiger partial charge in [0.25, 0.3) is 0 Å². The van der Waals surface area contributed by atoms with E-state index in [4.69, 9.17) is 0 Å². The van der Waals surface area contributed by atoms with Crippen molar-refractivity contribution in [3.05, 3.63) is 27.9 Å². The maximum absolute atomic E-state index is 11.1. The topological polar surface area (TPSA) is 71.3 Å². The highest BCUT2D eigenvalue weighted by Gasteiger charge is 2.38. The Kier molecular flexibility index (Phi) is 2.66. The lowest BCUT2D eigenvalue weighted by molar-refractivity contribution is -0.384. The minimum atomic E-state index is -0.332. The highest BCUT2D eigenvalue weighted by molar-refractivity contribution is 5.59. The number of pyridine rings is 1. The van der Waals surface area contributed by atoms with Crippen LogP contribution in [-0.2, 0) is 0 Å². The van der Waals surface area contributed by atoms with Gasteiger partial charge < -0.3 is 10.2 Å². The number of fused-ring (bicyclic) bond motifs is 1. The maximum Gasteiger partial charge on any atom is 0.311 e. The number of nitro groups is 1. The van der Waals surface area contributed by atoms with Gasteiger partial charge in [0.1, 0.15) is 0 Å². The molecular weight excluding hydrogens is 232 g/mol. The van der Waals surface area contributed by atoms with Crippen LogP contribution in [0.3, 0.4) is 0 Å². The quantitative estimate of drug-likeness (QED) is 0.623. The van der Waals surface area contributed by atoms with Crippen molar-refractivity contribution in [3.63, 3.8) is 0 Å². The van der Waals surface area contributed by atoms with Gasteiger partial charge in [-0.25, -0.2) is 4.98 Å². The molecule has 1 aromatic rings. The average Bonchev–Trinajstić information content (AvgIpc) is 2.88. The Bertz CT molecular complexity index is 479. The number of hydrogen-bond donors (Lipinski definition) is 1. The summed E-state index contributed by atoms with van der Waals surface area (Å²) in [6.45, 7) is 5.59. The van der Waals surface area contributed by atoms with Gasteiger partial charge in [-0.1, -0.05) is 0 Å². The predicted octanol–water partition coefficient (Wildman–Crippen LogP) is 0.954. The molecule has 2 aliphatic rings. The van der Waals surface area contributed by atoms with Crippen molar-refractivity contribution in [1.29, 1.82) is 0 Å². The van der Waals surface area contributed by atoms with Gasteiger partial charge in [0.2, 0.25) is 5.82 Å². The summed E-state index contributed by atoms with van der Waals surface area (Å²) in [5.74, 6) is 1.74. The molecule has 0 aliphatic carbocycles. The second-order valence-corrected chi connectivity index (χ2v) is 5.20. The van der Waals surface area contributed by atoms with Crippen LogP contribution in [-0.4, -0.2) is 36.1 Å². The molecule has 0 bridgehead atoms. The summed E-state index contributed by atoms with van der Waals surface area (Å²) in [5, 5.41) is 14.5. The summed E-state index contributed by atoms with van der Waals surface area (Å²) in [4.78, 5) is 17.1. The first-order valence-electron chi connectivity index (χ1n) is 6.22. The first kappa shape index (κ1) is 11.4. The van der Waals surface area contributed by atoms with Gasteiger partial charge in [0.05, 0.1) is 4.92 Å². The highest BCUT2D eigenvalue weighted by Crippen LogP contribution is 2.34. The van der Waals surface area contributed by atoms with E-state index in [1.807, 2.05) is 6.92 Å². The van der Waals surface area contributed by atoms with E-state index in [0.717, 1.165) is 31.7 Å². The lowest BCUT2D eigenvalue weighted by Gasteiger charge is -2.18. The van der Waals surface area contributed by atoms with Crippen LogP contribution >= 0.6 is 0 Å². The number of hydrogen-bond acceptors (Lipinski definition) is 5. The second-order valence-electron chi connectivity index (χ2n) is 5.20. The fraction of sp³-hybridized carbons (Fsp3) is 0.583. The van der Waals surface area contributed by atoms with Crippen molar-refractivity contribution in [1.82, 2.24) is 10.3 Å². The van der Waals surface area contributed by atoms with Gasteiger partial charge in [-0.3, -0.25) is 10.1 Å². The standard InChI is InChI=1S/C12H16N4O2/c1-8-2-11(16(17)18)12(14-3-8)15-6-9-4-13-5-10(9)7-15/h2-3,9-10,13H,4-7H2,1H3/t9-,10+. The van der Waals surface area contributed by atoms with E-state index in [2.05, 4.69) is 15.2 Å². The summed E-state index contributed by atoms with van der Waals surface area (Å²) >= 11 is 0. The zero-order chi connectivity index (χ0) is 12.7. The van der Waals surface area contributed by atoms with Gasteiger partial charge in [0, 0.05) is 38.4 Å². The Hall–Kier alpha value is -1.69. The number of nitrogens with one attached hydrogen (secondary N) is 1. The minimum Gasteiger partial charge on any atom is -0.350 e. The van der Waals surface area contributed by atoms with Gasteiger partial charge >= 0.3 is 5.69 Å². The van der Waals surface area contributed by atoms with Crippen LogP contribution in [0.4, 0.5) is 11.5 Å². The summed E-state index contributed by atoms with van der Waals surface area (Å²) in [6.07, 6.45) is 1.70. The zero-order valence-corrected chi connectivity index (χ0v) is 10.3. The SMILES string of the molecule is Cc1cnc(N2C[C@H]3CNC[C@H]3C2)c([N+](=O)[O-])c1. The van der Waals surface area contributed by atoms with Crippen molar-refractivity contribution in [3.8, 4) is 0 Å². The summed E-state index contributed by atoms with van der Waals surface area (Å²) in [6, 6.07) is 1.61. The molecule has 18 heavy (non-hydrogen) atoms. The van der Waals surface area contributed by atoms with E-state index in [-0.39, 0.29) is 10.6 Å². The van der Waals surface area contributed by atoms with E-state index in [1.54, 1.807) is 12.3 Å². The molecule has 2 saturated heterocycles. The lowest BCUT2D eigenvalue weighted by Crippen LogP contribution is -2.26. The van der Waals surface area contributed by atoms with Crippen LogP contribution in [0.1, 0.15) is 5.56 Å². The molecule has 0 radical (unpaired) electrons. The van der Waals surface area contributed by atoms with E-state index < -0.39 is 0 Å². The van der Waals surface area contributed by atoms with Gasteiger partial charge in [-0.15, -0.1) is 0 Å². The first-order valence-corrected chi connectivity index (χ1v) is 6.22. The molecule has 96 valence electrons.